The van der Waals surface area contributed by atoms with Gasteiger partial charge < -0.3 is 14.8 Å². The molecule has 0 aliphatic rings. The predicted molar refractivity (Wildman–Crippen MR) is 69.2 cm³/mol. The van der Waals surface area contributed by atoms with Crippen LogP contribution in [0.3, 0.4) is 0 Å². The van der Waals surface area contributed by atoms with Crippen LogP contribution in [0.1, 0.15) is 36.1 Å². The van der Waals surface area contributed by atoms with Gasteiger partial charge in [0.1, 0.15) is 5.76 Å². The third-order valence-corrected chi connectivity index (χ3v) is 2.83. The molecule has 5 heteroatoms. The number of carbonyl (C=O) groups excluding carboxylic acids is 1. The van der Waals surface area contributed by atoms with Crippen LogP contribution in [0.5, 0.6) is 0 Å². The summed E-state index contributed by atoms with van der Waals surface area (Å²) >= 11 is 1.65. The van der Waals surface area contributed by atoms with E-state index in [1.807, 2.05) is 12.3 Å². The van der Waals surface area contributed by atoms with Crippen molar-refractivity contribution < 1.29 is 14.3 Å². The van der Waals surface area contributed by atoms with E-state index in [-0.39, 0.29) is 12.0 Å². The Morgan fingerprint density at radius 2 is 2.35 bits per heavy atom. The third-order valence-electron chi connectivity index (χ3n) is 2.26. The van der Waals surface area contributed by atoms with E-state index in [2.05, 4.69) is 5.32 Å². The molecule has 4 nitrogen and oxygen atoms in total. The number of nitrogens with one attached hydrogen (secondary N) is 1. The number of hydrogen-bond donors (Lipinski definition) is 2. The highest BCUT2D eigenvalue weighted by Gasteiger charge is 2.10. The quantitative estimate of drug-likeness (QED) is 0.734. The fourth-order valence-corrected chi connectivity index (χ4v) is 1.85. The minimum atomic E-state index is -0.316. The Morgan fingerprint density at radius 1 is 1.59 bits per heavy atom. The van der Waals surface area contributed by atoms with E-state index in [4.69, 9.17) is 9.52 Å². The highest BCUT2D eigenvalue weighted by molar-refractivity contribution is 7.97. The molecule has 0 saturated heterocycles. The van der Waals surface area contributed by atoms with Crippen molar-refractivity contribution in [2.75, 3.05) is 12.8 Å². The molecule has 0 fully saturated rings. The van der Waals surface area contributed by atoms with Crippen molar-refractivity contribution in [2.24, 2.45) is 0 Å². The van der Waals surface area contributed by atoms with E-state index >= 15 is 0 Å². The third kappa shape index (κ3) is 5.28. The molecule has 0 aliphatic heterocycles. The van der Waals surface area contributed by atoms with Crippen molar-refractivity contribution in [3.05, 3.63) is 23.7 Å². The summed E-state index contributed by atoms with van der Waals surface area (Å²) in [6, 6.07) is 3.51. The fraction of sp³-hybridized carbons (Fsp3) is 0.583. The average Bonchev–Trinajstić information content (AvgIpc) is 2.73. The van der Waals surface area contributed by atoms with E-state index < -0.39 is 0 Å². The summed E-state index contributed by atoms with van der Waals surface area (Å²) < 4.78 is 5.38. The number of aliphatic hydroxyl groups excluding tert-OH is 1. The standard InChI is InChI=1S/C12H19NO3S/c1-9(14)4-3-7-13-12(15)11-6-5-10(16-11)8-17-2/h5-6,9,14H,3-4,7-8H2,1-2H3,(H,13,15). The zero-order chi connectivity index (χ0) is 12.7. The molecule has 1 aromatic heterocycles. The molecule has 1 unspecified atom stereocenters. The first-order valence-electron chi connectivity index (χ1n) is 5.67. The van der Waals surface area contributed by atoms with Crippen LogP contribution in [0, 0.1) is 0 Å². The summed E-state index contributed by atoms with van der Waals surface area (Å²) in [5.41, 5.74) is 0. The molecule has 0 bridgehead atoms. The summed E-state index contributed by atoms with van der Waals surface area (Å²) in [7, 11) is 0. The van der Waals surface area contributed by atoms with Gasteiger partial charge in [0.05, 0.1) is 11.9 Å². The van der Waals surface area contributed by atoms with Crippen molar-refractivity contribution >= 4 is 17.7 Å². The molecule has 96 valence electrons. The van der Waals surface area contributed by atoms with Crippen LogP contribution >= 0.6 is 11.8 Å². The molecule has 0 radical (unpaired) electrons. The SMILES string of the molecule is CSCc1ccc(C(=O)NCCCC(C)O)o1. The van der Waals surface area contributed by atoms with Crippen LogP contribution in [0.4, 0.5) is 0 Å². The van der Waals surface area contributed by atoms with Gasteiger partial charge in [-0.05, 0) is 38.2 Å². The van der Waals surface area contributed by atoms with Gasteiger partial charge in [0.2, 0.25) is 0 Å². The Morgan fingerprint density at radius 3 is 3.00 bits per heavy atom. The zero-order valence-electron chi connectivity index (χ0n) is 10.2. The molecule has 1 amide bonds. The maximum Gasteiger partial charge on any atom is 0.286 e. The molecule has 1 heterocycles. The molecule has 0 saturated carbocycles. The van der Waals surface area contributed by atoms with Crippen LogP contribution in [-0.2, 0) is 5.75 Å². The summed E-state index contributed by atoms with van der Waals surface area (Å²) in [6.45, 7) is 2.30. The minimum absolute atomic E-state index is 0.192. The van der Waals surface area contributed by atoms with Gasteiger partial charge in [0, 0.05) is 6.54 Å². The van der Waals surface area contributed by atoms with Crippen LogP contribution in [0.25, 0.3) is 0 Å². The maximum atomic E-state index is 11.6. The highest BCUT2D eigenvalue weighted by atomic mass is 32.2. The van der Waals surface area contributed by atoms with Crippen LogP contribution in [-0.4, -0.2) is 29.9 Å². The molecule has 1 aromatic rings. The number of amides is 1. The van der Waals surface area contributed by atoms with Crippen LogP contribution in [0.2, 0.25) is 0 Å². The lowest BCUT2D eigenvalue weighted by Gasteiger charge is -2.04. The summed E-state index contributed by atoms with van der Waals surface area (Å²) in [5, 5.41) is 11.8. The number of furan rings is 1. The zero-order valence-corrected chi connectivity index (χ0v) is 11.0. The number of aliphatic hydroxyl groups is 1. The van der Waals surface area contributed by atoms with Crippen molar-refractivity contribution in [1.29, 1.82) is 0 Å². The first-order chi connectivity index (χ1) is 8.13. The molecule has 2 N–H and O–H groups in total. The number of carbonyl (C=O) groups is 1. The van der Waals surface area contributed by atoms with Gasteiger partial charge in [0.25, 0.3) is 5.91 Å². The summed E-state index contributed by atoms with van der Waals surface area (Å²) in [5.74, 6) is 1.75. The first-order valence-corrected chi connectivity index (χ1v) is 7.06. The van der Waals surface area contributed by atoms with Gasteiger partial charge in [-0.2, -0.15) is 11.8 Å². The van der Waals surface area contributed by atoms with Crippen molar-refractivity contribution in [1.82, 2.24) is 5.32 Å². The summed E-state index contributed by atoms with van der Waals surface area (Å²) in [6.07, 6.45) is 3.12. The predicted octanol–water partition coefficient (Wildman–Crippen LogP) is 2.03. The largest absolute Gasteiger partial charge is 0.455 e. The van der Waals surface area contributed by atoms with E-state index in [1.165, 1.54) is 0 Å². The first kappa shape index (κ1) is 14.1. The molecule has 1 atom stereocenters. The fourth-order valence-electron chi connectivity index (χ4n) is 1.41. The molecule has 17 heavy (non-hydrogen) atoms. The lowest BCUT2D eigenvalue weighted by molar-refractivity contribution is 0.0920. The second kappa shape index (κ2) is 7.40. The number of hydrogen-bond acceptors (Lipinski definition) is 4. The molecule has 1 rings (SSSR count). The number of rotatable bonds is 7. The maximum absolute atomic E-state index is 11.6. The lowest BCUT2D eigenvalue weighted by atomic mass is 10.2. The van der Waals surface area contributed by atoms with Gasteiger partial charge in [-0.15, -0.1) is 0 Å². The van der Waals surface area contributed by atoms with Gasteiger partial charge >= 0.3 is 0 Å². The Hall–Kier alpha value is -0.940. The van der Waals surface area contributed by atoms with E-state index in [0.29, 0.717) is 18.7 Å². The van der Waals surface area contributed by atoms with Gasteiger partial charge in [0.15, 0.2) is 5.76 Å². The monoisotopic (exact) mass is 257 g/mol. The minimum Gasteiger partial charge on any atom is -0.455 e. The van der Waals surface area contributed by atoms with Crippen LogP contribution in [0.15, 0.2) is 16.5 Å². The molecule has 0 aliphatic carbocycles. The Labute approximate surface area is 106 Å². The van der Waals surface area contributed by atoms with E-state index in [1.54, 1.807) is 24.8 Å². The second-order valence-corrected chi connectivity index (χ2v) is 4.81. The van der Waals surface area contributed by atoms with E-state index in [0.717, 1.165) is 17.9 Å². The summed E-state index contributed by atoms with van der Waals surface area (Å²) in [4.78, 5) is 11.6. The van der Waals surface area contributed by atoms with E-state index in [9.17, 15) is 4.79 Å². The highest BCUT2D eigenvalue weighted by Crippen LogP contribution is 2.13. The Kier molecular flexibility index (Phi) is 6.15. The Balaban J connectivity index is 2.31. The average molecular weight is 257 g/mol. The molecular formula is C12H19NO3S. The van der Waals surface area contributed by atoms with Crippen molar-refractivity contribution in [3.63, 3.8) is 0 Å². The molecular weight excluding hydrogens is 238 g/mol. The van der Waals surface area contributed by atoms with Crippen LogP contribution < -0.4 is 5.32 Å². The lowest BCUT2D eigenvalue weighted by Crippen LogP contribution is -2.24. The van der Waals surface area contributed by atoms with Gasteiger partial charge in [-0.25, -0.2) is 0 Å². The topological polar surface area (TPSA) is 62.5 Å². The molecule has 0 aromatic carbocycles. The Bertz CT molecular complexity index is 349. The second-order valence-electron chi connectivity index (χ2n) is 3.95. The van der Waals surface area contributed by atoms with Crippen molar-refractivity contribution in [2.45, 2.75) is 31.6 Å². The number of thioether (sulfide) groups is 1. The normalized spacial score (nSPS) is 12.4. The van der Waals surface area contributed by atoms with Gasteiger partial charge in [-0.3, -0.25) is 4.79 Å². The van der Waals surface area contributed by atoms with Crippen molar-refractivity contribution in [3.8, 4) is 0 Å². The molecule has 0 spiro atoms. The smallest absolute Gasteiger partial charge is 0.286 e. The van der Waals surface area contributed by atoms with Gasteiger partial charge in [-0.1, -0.05) is 0 Å².